The highest BCUT2D eigenvalue weighted by molar-refractivity contribution is 5.92. The van der Waals surface area contributed by atoms with Crippen molar-refractivity contribution in [3.05, 3.63) is 77.4 Å². The Morgan fingerprint density at radius 1 is 1.18 bits per heavy atom. The molecule has 0 saturated carbocycles. The Bertz CT molecular complexity index is 927. The smallest absolute Gasteiger partial charge is 0.416 e. The molecule has 0 radical (unpaired) electrons. The fourth-order valence-corrected chi connectivity index (χ4v) is 2.36. The number of aromatic nitrogens is 2. The second-order valence-electron chi connectivity index (χ2n) is 5.86. The molecule has 146 valence electrons. The van der Waals surface area contributed by atoms with Crippen LogP contribution in [0, 0.1) is 0 Å². The van der Waals surface area contributed by atoms with Crippen molar-refractivity contribution in [3.63, 3.8) is 0 Å². The summed E-state index contributed by atoms with van der Waals surface area (Å²) in [6.45, 7) is 0.241. The number of pyridine rings is 1. The summed E-state index contributed by atoms with van der Waals surface area (Å²) in [5, 5.41) is 6.36. The first kappa shape index (κ1) is 19.4. The average molecular weight is 391 g/mol. The van der Waals surface area contributed by atoms with E-state index in [4.69, 9.17) is 9.26 Å². The topological polar surface area (TPSA) is 77.2 Å². The van der Waals surface area contributed by atoms with Gasteiger partial charge in [0.2, 0.25) is 0 Å². The Morgan fingerprint density at radius 3 is 2.79 bits per heavy atom. The fourth-order valence-electron chi connectivity index (χ4n) is 2.36. The summed E-state index contributed by atoms with van der Waals surface area (Å²) in [6.07, 6.45) is -0.457. The largest absolute Gasteiger partial charge is 0.486 e. The molecule has 0 saturated heterocycles. The molecule has 1 amide bonds. The lowest BCUT2D eigenvalue weighted by atomic mass is 10.2. The number of nitrogens with zero attached hydrogens (tertiary/aromatic N) is 2. The highest BCUT2D eigenvalue weighted by Crippen LogP contribution is 2.31. The van der Waals surface area contributed by atoms with Gasteiger partial charge in [0.25, 0.3) is 5.91 Å². The summed E-state index contributed by atoms with van der Waals surface area (Å²) in [7, 11) is 0. The van der Waals surface area contributed by atoms with E-state index < -0.39 is 17.6 Å². The Kier molecular flexibility index (Phi) is 5.93. The highest BCUT2D eigenvalue weighted by Gasteiger charge is 2.30. The number of carbonyl (C=O) groups excluding carboxylic acids is 1. The van der Waals surface area contributed by atoms with Crippen LogP contribution in [-0.2, 0) is 19.2 Å². The Morgan fingerprint density at radius 2 is 2.04 bits per heavy atom. The summed E-state index contributed by atoms with van der Waals surface area (Å²) in [5.74, 6) is -0.165. The molecule has 0 aliphatic carbocycles. The third kappa shape index (κ3) is 5.32. The van der Waals surface area contributed by atoms with E-state index in [1.54, 1.807) is 12.4 Å². The minimum Gasteiger partial charge on any atom is -0.486 e. The number of rotatable bonds is 7. The predicted octanol–water partition coefficient (Wildman–Crippen LogP) is 3.64. The van der Waals surface area contributed by atoms with E-state index in [-0.39, 0.29) is 23.8 Å². The molecule has 0 bridgehead atoms. The lowest BCUT2D eigenvalue weighted by Crippen LogP contribution is -2.25. The van der Waals surface area contributed by atoms with Crippen LogP contribution in [0.1, 0.15) is 27.4 Å². The number of alkyl halides is 3. The molecule has 2 heterocycles. The lowest BCUT2D eigenvalue weighted by molar-refractivity contribution is -0.137. The molecule has 0 fully saturated rings. The van der Waals surface area contributed by atoms with E-state index in [9.17, 15) is 18.0 Å². The quantitative estimate of drug-likeness (QED) is 0.665. The second kappa shape index (κ2) is 8.55. The summed E-state index contributed by atoms with van der Waals surface area (Å²) >= 11 is 0. The third-order valence-corrected chi connectivity index (χ3v) is 3.76. The SMILES string of the molecule is O=C(NCCc1cccnc1)c1cc(COc2cccc(C(F)(F)F)c2)on1. The van der Waals surface area contributed by atoms with Crippen LogP contribution in [0.25, 0.3) is 0 Å². The van der Waals surface area contributed by atoms with Crippen LogP contribution in [0.4, 0.5) is 13.2 Å². The van der Waals surface area contributed by atoms with Gasteiger partial charge in [0.05, 0.1) is 5.56 Å². The zero-order valence-corrected chi connectivity index (χ0v) is 14.6. The normalized spacial score (nSPS) is 11.2. The van der Waals surface area contributed by atoms with Crippen molar-refractivity contribution in [2.75, 3.05) is 6.54 Å². The van der Waals surface area contributed by atoms with E-state index in [0.29, 0.717) is 13.0 Å². The van der Waals surface area contributed by atoms with Gasteiger partial charge in [-0.15, -0.1) is 0 Å². The number of halogens is 3. The Labute approximate surface area is 158 Å². The number of amides is 1. The maximum atomic E-state index is 12.7. The molecule has 0 aliphatic rings. The number of nitrogens with one attached hydrogen (secondary N) is 1. The maximum Gasteiger partial charge on any atom is 0.416 e. The summed E-state index contributed by atoms with van der Waals surface area (Å²) in [4.78, 5) is 16.1. The van der Waals surface area contributed by atoms with Gasteiger partial charge in [0.15, 0.2) is 11.5 Å². The van der Waals surface area contributed by atoms with Crippen molar-refractivity contribution in [2.45, 2.75) is 19.2 Å². The van der Waals surface area contributed by atoms with Crippen molar-refractivity contribution in [3.8, 4) is 5.75 Å². The number of hydrogen-bond acceptors (Lipinski definition) is 5. The molecule has 3 aromatic rings. The molecule has 28 heavy (non-hydrogen) atoms. The Hall–Kier alpha value is -3.36. The first-order valence-electron chi connectivity index (χ1n) is 8.34. The molecule has 0 spiro atoms. The fraction of sp³-hybridized carbons (Fsp3) is 0.211. The minimum absolute atomic E-state index is 0.0358. The first-order chi connectivity index (χ1) is 13.4. The van der Waals surface area contributed by atoms with Gasteiger partial charge in [0.1, 0.15) is 12.4 Å². The van der Waals surface area contributed by atoms with E-state index in [1.807, 2.05) is 12.1 Å². The average Bonchev–Trinajstić information content (AvgIpc) is 3.16. The van der Waals surface area contributed by atoms with Crippen molar-refractivity contribution in [2.24, 2.45) is 0 Å². The minimum atomic E-state index is -4.45. The van der Waals surface area contributed by atoms with Crippen LogP contribution < -0.4 is 10.1 Å². The molecule has 1 N–H and O–H groups in total. The van der Waals surface area contributed by atoms with Crippen LogP contribution in [0.2, 0.25) is 0 Å². The number of carbonyl (C=O) groups is 1. The zero-order chi connectivity index (χ0) is 20.0. The van der Waals surface area contributed by atoms with E-state index in [2.05, 4.69) is 15.5 Å². The second-order valence-corrected chi connectivity index (χ2v) is 5.86. The summed E-state index contributed by atoms with van der Waals surface area (Å²) < 4.78 is 48.4. The van der Waals surface area contributed by atoms with Gasteiger partial charge >= 0.3 is 6.18 Å². The summed E-state index contributed by atoms with van der Waals surface area (Å²) in [6, 6.07) is 9.59. The molecular formula is C19H16F3N3O3. The number of ether oxygens (including phenoxy) is 1. The number of benzene rings is 1. The Balaban J connectivity index is 1.50. The lowest BCUT2D eigenvalue weighted by Gasteiger charge is -2.09. The molecule has 0 aliphatic heterocycles. The van der Waals surface area contributed by atoms with Gasteiger partial charge in [-0.25, -0.2) is 0 Å². The molecular weight excluding hydrogens is 375 g/mol. The molecule has 6 nitrogen and oxygen atoms in total. The maximum absolute atomic E-state index is 12.7. The van der Waals surface area contributed by atoms with Gasteiger partial charge in [-0.2, -0.15) is 13.2 Å². The van der Waals surface area contributed by atoms with E-state index in [0.717, 1.165) is 17.7 Å². The van der Waals surface area contributed by atoms with Gasteiger partial charge in [-0.3, -0.25) is 9.78 Å². The van der Waals surface area contributed by atoms with Crippen LogP contribution >= 0.6 is 0 Å². The molecule has 0 unspecified atom stereocenters. The van der Waals surface area contributed by atoms with Crippen molar-refractivity contribution in [1.82, 2.24) is 15.5 Å². The molecule has 9 heteroatoms. The molecule has 0 atom stereocenters. The number of hydrogen-bond donors (Lipinski definition) is 1. The predicted molar refractivity (Wildman–Crippen MR) is 92.6 cm³/mol. The highest BCUT2D eigenvalue weighted by atomic mass is 19.4. The molecule has 1 aromatic carbocycles. The van der Waals surface area contributed by atoms with Crippen LogP contribution in [-0.4, -0.2) is 22.6 Å². The summed E-state index contributed by atoms with van der Waals surface area (Å²) in [5.41, 5.74) is 0.239. The van der Waals surface area contributed by atoms with E-state index in [1.165, 1.54) is 18.2 Å². The van der Waals surface area contributed by atoms with Gasteiger partial charge in [-0.05, 0) is 36.2 Å². The third-order valence-electron chi connectivity index (χ3n) is 3.76. The van der Waals surface area contributed by atoms with Crippen molar-refractivity contribution in [1.29, 1.82) is 0 Å². The molecule has 2 aromatic heterocycles. The van der Waals surface area contributed by atoms with Crippen molar-refractivity contribution < 1.29 is 27.2 Å². The van der Waals surface area contributed by atoms with Gasteiger partial charge in [0, 0.05) is 25.0 Å². The standard InChI is InChI=1S/C19H16F3N3O3/c20-19(21,22)14-4-1-5-15(9-14)27-12-16-10-17(25-28-16)18(26)24-8-6-13-3-2-7-23-11-13/h1-5,7,9-11H,6,8,12H2,(H,24,26). The van der Waals surface area contributed by atoms with Crippen LogP contribution in [0.15, 0.2) is 59.4 Å². The van der Waals surface area contributed by atoms with Crippen LogP contribution in [0.5, 0.6) is 5.75 Å². The monoisotopic (exact) mass is 391 g/mol. The molecule has 3 rings (SSSR count). The van der Waals surface area contributed by atoms with Gasteiger partial charge in [-0.1, -0.05) is 17.3 Å². The zero-order valence-electron chi connectivity index (χ0n) is 14.6. The van der Waals surface area contributed by atoms with Crippen LogP contribution in [0.3, 0.4) is 0 Å². The van der Waals surface area contributed by atoms with E-state index >= 15 is 0 Å². The van der Waals surface area contributed by atoms with Gasteiger partial charge < -0.3 is 14.6 Å². The van der Waals surface area contributed by atoms with Crippen molar-refractivity contribution >= 4 is 5.91 Å². The first-order valence-corrected chi connectivity index (χ1v) is 8.34.